The molecule has 0 amide bonds. The highest BCUT2D eigenvalue weighted by atomic mass is 32.2. The molecule has 3 nitrogen and oxygen atoms in total. The summed E-state index contributed by atoms with van der Waals surface area (Å²) >= 11 is 1.39. The zero-order valence-corrected chi connectivity index (χ0v) is 10.3. The summed E-state index contributed by atoms with van der Waals surface area (Å²) < 4.78 is 0. The molecule has 0 fully saturated rings. The number of carbonyl (C=O) groups is 1. The second-order valence-corrected chi connectivity index (χ2v) is 4.97. The van der Waals surface area contributed by atoms with Crippen LogP contribution < -0.4 is 0 Å². The van der Waals surface area contributed by atoms with E-state index in [1.807, 2.05) is 30.3 Å². The van der Waals surface area contributed by atoms with Crippen molar-refractivity contribution < 1.29 is 15.0 Å². The zero-order chi connectivity index (χ0) is 12.7. The third-order valence-electron chi connectivity index (χ3n) is 2.24. The Balaban J connectivity index is 2.69. The smallest absolute Gasteiger partial charge is 0.304 e. The van der Waals surface area contributed by atoms with Crippen LogP contribution in [-0.2, 0) is 4.79 Å². The van der Waals surface area contributed by atoms with Gasteiger partial charge in [-0.15, -0.1) is 18.3 Å². The average Bonchev–Trinajstić information content (AvgIpc) is 2.29. The summed E-state index contributed by atoms with van der Waals surface area (Å²) in [5.74, 6) is -0.901. The van der Waals surface area contributed by atoms with E-state index < -0.39 is 12.1 Å². The maximum Gasteiger partial charge on any atom is 0.304 e. The average molecular weight is 252 g/mol. The number of thioether (sulfide) groups is 1. The van der Waals surface area contributed by atoms with Gasteiger partial charge in [0.2, 0.25) is 0 Å². The maximum absolute atomic E-state index is 10.8. The van der Waals surface area contributed by atoms with Crippen LogP contribution in [-0.4, -0.2) is 27.5 Å². The molecule has 0 saturated heterocycles. The van der Waals surface area contributed by atoms with Gasteiger partial charge in [0.25, 0.3) is 0 Å². The fourth-order valence-corrected chi connectivity index (χ4v) is 2.58. The number of aliphatic hydroxyl groups excluding tert-OH is 1. The molecule has 0 aliphatic carbocycles. The molecule has 92 valence electrons. The molecule has 1 aromatic rings. The largest absolute Gasteiger partial charge is 0.481 e. The first-order chi connectivity index (χ1) is 8.13. The number of rotatable bonds is 7. The van der Waals surface area contributed by atoms with E-state index in [0.717, 1.165) is 4.90 Å². The van der Waals surface area contributed by atoms with Gasteiger partial charge in [0, 0.05) is 10.1 Å². The first-order valence-electron chi connectivity index (χ1n) is 5.36. The number of hydrogen-bond acceptors (Lipinski definition) is 3. The van der Waals surface area contributed by atoms with Crippen LogP contribution in [0.1, 0.15) is 12.8 Å². The molecule has 2 atom stereocenters. The van der Waals surface area contributed by atoms with Crippen molar-refractivity contribution in [2.75, 3.05) is 0 Å². The van der Waals surface area contributed by atoms with Gasteiger partial charge in [0.05, 0.1) is 12.5 Å². The minimum Gasteiger partial charge on any atom is -0.481 e. The second kappa shape index (κ2) is 7.14. The number of carboxylic acids is 1. The van der Waals surface area contributed by atoms with Crippen LogP contribution in [0, 0.1) is 0 Å². The summed E-state index contributed by atoms with van der Waals surface area (Å²) in [6.45, 7) is 3.55. The number of hydrogen-bond donors (Lipinski definition) is 2. The van der Waals surface area contributed by atoms with Crippen molar-refractivity contribution in [3.05, 3.63) is 43.0 Å². The Labute approximate surface area is 105 Å². The Bertz CT molecular complexity index is 364. The van der Waals surface area contributed by atoms with Crippen LogP contribution in [0.3, 0.4) is 0 Å². The Kier molecular flexibility index (Phi) is 5.80. The normalized spacial score (nSPS) is 13.9. The number of aliphatic carboxylic acids is 1. The summed E-state index contributed by atoms with van der Waals surface area (Å²) in [6.07, 6.45) is 1.26. The summed E-state index contributed by atoms with van der Waals surface area (Å²) in [6, 6.07) is 9.48. The molecule has 0 unspecified atom stereocenters. The van der Waals surface area contributed by atoms with Gasteiger partial charge in [-0.3, -0.25) is 4.79 Å². The van der Waals surface area contributed by atoms with Gasteiger partial charge in [-0.2, -0.15) is 0 Å². The standard InChI is InChI=1S/C13H16O3S/c1-2-6-11(14)12(9-13(15)16)17-10-7-4-3-5-8-10/h2-5,7-8,11-12,14H,1,6,9H2,(H,15,16)/t11-,12+/m0/s1. The first-order valence-corrected chi connectivity index (χ1v) is 6.24. The summed E-state index contributed by atoms with van der Waals surface area (Å²) in [5, 5.41) is 18.3. The molecule has 0 aliphatic heterocycles. The van der Waals surface area contributed by atoms with Gasteiger partial charge in [-0.1, -0.05) is 24.3 Å². The molecule has 0 aromatic heterocycles. The van der Waals surface area contributed by atoms with E-state index in [4.69, 9.17) is 5.11 Å². The topological polar surface area (TPSA) is 57.5 Å². The van der Waals surface area contributed by atoms with Crippen molar-refractivity contribution in [1.82, 2.24) is 0 Å². The van der Waals surface area contributed by atoms with Gasteiger partial charge in [-0.05, 0) is 18.6 Å². The van der Waals surface area contributed by atoms with Crippen molar-refractivity contribution in [2.45, 2.75) is 29.1 Å². The van der Waals surface area contributed by atoms with E-state index in [2.05, 4.69) is 6.58 Å². The lowest BCUT2D eigenvalue weighted by atomic mass is 10.1. The molecule has 0 saturated carbocycles. The van der Waals surface area contributed by atoms with Crippen molar-refractivity contribution >= 4 is 17.7 Å². The Morgan fingerprint density at radius 2 is 2.06 bits per heavy atom. The van der Waals surface area contributed by atoms with E-state index in [9.17, 15) is 9.90 Å². The van der Waals surface area contributed by atoms with Crippen LogP contribution >= 0.6 is 11.8 Å². The molecule has 17 heavy (non-hydrogen) atoms. The highest BCUT2D eigenvalue weighted by molar-refractivity contribution is 8.00. The predicted octanol–water partition coefficient (Wildman–Crippen LogP) is 2.56. The fraction of sp³-hybridized carbons (Fsp3) is 0.308. The molecule has 0 spiro atoms. The molecule has 0 bridgehead atoms. The van der Waals surface area contributed by atoms with E-state index in [-0.39, 0.29) is 11.7 Å². The molecule has 0 aliphatic rings. The Morgan fingerprint density at radius 1 is 1.41 bits per heavy atom. The fourth-order valence-electron chi connectivity index (χ4n) is 1.42. The minimum absolute atomic E-state index is 0.0609. The predicted molar refractivity (Wildman–Crippen MR) is 69.2 cm³/mol. The molecular weight excluding hydrogens is 236 g/mol. The van der Waals surface area contributed by atoms with Gasteiger partial charge >= 0.3 is 5.97 Å². The molecule has 0 heterocycles. The molecule has 0 radical (unpaired) electrons. The number of carboxylic acid groups (broad SMARTS) is 1. The lowest BCUT2D eigenvalue weighted by Crippen LogP contribution is -2.25. The van der Waals surface area contributed by atoms with Crippen molar-refractivity contribution in [2.24, 2.45) is 0 Å². The van der Waals surface area contributed by atoms with Crippen LogP contribution in [0.15, 0.2) is 47.9 Å². The van der Waals surface area contributed by atoms with E-state index >= 15 is 0 Å². The SMILES string of the molecule is C=CC[C@H](O)[C@@H](CC(=O)O)Sc1ccccc1. The van der Waals surface area contributed by atoms with E-state index in [1.54, 1.807) is 6.08 Å². The molecular formula is C13H16O3S. The third-order valence-corrected chi connectivity index (χ3v) is 3.57. The molecule has 1 rings (SSSR count). The second-order valence-electron chi connectivity index (χ2n) is 3.66. The van der Waals surface area contributed by atoms with Crippen LogP contribution in [0.4, 0.5) is 0 Å². The lowest BCUT2D eigenvalue weighted by molar-refractivity contribution is -0.137. The monoisotopic (exact) mass is 252 g/mol. The number of benzene rings is 1. The zero-order valence-electron chi connectivity index (χ0n) is 9.45. The van der Waals surface area contributed by atoms with E-state index in [1.165, 1.54) is 11.8 Å². The quantitative estimate of drug-likeness (QED) is 0.578. The molecule has 4 heteroatoms. The van der Waals surface area contributed by atoms with E-state index in [0.29, 0.717) is 6.42 Å². The van der Waals surface area contributed by atoms with Gasteiger partial charge in [0.15, 0.2) is 0 Å². The maximum atomic E-state index is 10.8. The van der Waals surface area contributed by atoms with Crippen LogP contribution in [0.2, 0.25) is 0 Å². The Morgan fingerprint density at radius 3 is 2.59 bits per heavy atom. The first kappa shape index (κ1) is 13.8. The third kappa shape index (κ3) is 5.06. The minimum atomic E-state index is -0.901. The highest BCUT2D eigenvalue weighted by Crippen LogP contribution is 2.28. The molecule has 1 aromatic carbocycles. The Hall–Kier alpha value is -1.26. The van der Waals surface area contributed by atoms with Crippen molar-refractivity contribution in [3.8, 4) is 0 Å². The van der Waals surface area contributed by atoms with Crippen molar-refractivity contribution in [1.29, 1.82) is 0 Å². The van der Waals surface area contributed by atoms with Gasteiger partial charge in [-0.25, -0.2) is 0 Å². The van der Waals surface area contributed by atoms with Crippen molar-refractivity contribution in [3.63, 3.8) is 0 Å². The van der Waals surface area contributed by atoms with Crippen LogP contribution in [0.25, 0.3) is 0 Å². The molecule has 2 N–H and O–H groups in total. The summed E-state index contributed by atoms with van der Waals surface area (Å²) in [5.41, 5.74) is 0. The number of aliphatic hydroxyl groups is 1. The van der Waals surface area contributed by atoms with Gasteiger partial charge < -0.3 is 10.2 Å². The lowest BCUT2D eigenvalue weighted by Gasteiger charge is -2.19. The van der Waals surface area contributed by atoms with Crippen LogP contribution in [0.5, 0.6) is 0 Å². The summed E-state index contributed by atoms with van der Waals surface area (Å²) in [7, 11) is 0. The summed E-state index contributed by atoms with van der Waals surface area (Å²) in [4.78, 5) is 11.7. The highest BCUT2D eigenvalue weighted by Gasteiger charge is 2.22. The van der Waals surface area contributed by atoms with Gasteiger partial charge in [0.1, 0.15) is 0 Å².